The van der Waals surface area contributed by atoms with Gasteiger partial charge in [-0.05, 0) is 38.7 Å². The molecule has 128 valence electrons. The summed E-state index contributed by atoms with van der Waals surface area (Å²) in [6, 6.07) is 9.35. The molecular weight excluding hydrogens is 303 g/mol. The van der Waals surface area contributed by atoms with Crippen LogP contribution in [0.3, 0.4) is 0 Å². The summed E-state index contributed by atoms with van der Waals surface area (Å²) in [4.78, 5) is 11.5. The summed E-state index contributed by atoms with van der Waals surface area (Å²) in [5.41, 5.74) is 0.639. The van der Waals surface area contributed by atoms with Crippen LogP contribution in [0.2, 0.25) is 0 Å². The molecule has 24 heavy (non-hydrogen) atoms. The number of piperidine rings is 1. The number of nitrogens with zero attached hydrogens (tertiary/aromatic N) is 3. The van der Waals surface area contributed by atoms with Crippen LogP contribution in [0.1, 0.15) is 44.0 Å². The number of anilines is 2. The molecule has 5 heteroatoms. The lowest BCUT2D eigenvalue weighted by molar-refractivity contribution is 0.446. The summed E-state index contributed by atoms with van der Waals surface area (Å²) >= 11 is 0. The van der Waals surface area contributed by atoms with Crippen LogP contribution in [-0.2, 0) is 6.54 Å². The van der Waals surface area contributed by atoms with Gasteiger partial charge in [0.1, 0.15) is 23.3 Å². The molecule has 1 fully saturated rings. The first-order valence-corrected chi connectivity index (χ1v) is 8.77. The summed E-state index contributed by atoms with van der Waals surface area (Å²) in [6.45, 7) is 5.60. The molecule has 4 nitrogen and oxygen atoms in total. The number of hydrogen-bond acceptors (Lipinski definition) is 4. The van der Waals surface area contributed by atoms with E-state index in [2.05, 4.69) is 27.1 Å². The average Bonchev–Trinajstić information content (AvgIpc) is 2.60. The van der Waals surface area contributed by atoms with Crippen LogP contribution >= 0.6 is 0 Å². The van der Waals surface area contributed by atoms with Gasteiger partial charge in [0.25, 0.3) is 0 Å². The van der Waals surface area contributed by atoms with Crippen LogP contribution in [0.15, 0.2) is 30.3 Å². The molecule has 1 N–H and O–H groups in total. The second-order valence-electron chi connectivity index (χ2n) is 6.35. The van der Waals surface area contributed by atoms with Gasteiger partial charge >= 0.3 is 0 Å². The Morgan fingerprint density at radius 1 is 1.25 bits per heavy atom. The molecule has 2 aromatic rings. The number of benzene rings is 1. The number of rotatable bonds is 5. The molecule has 1 unspecified atom stereocenters. The van der Waals surface area contributed by atoms with Crippen molar-refractivity contribution < 1.29 is 4.39 Å². The van der Waals surface area contributed by atoms with Gasteiger partial charge in [0.2, 0.25) is 0 Å². The minimum Gasteiger partial charge on any atom is -0.366 e. The fraction of sp³-hybridized carbons (Fsp3) is 0.474. The van der Waals surface area contributed by atoms with Crippen LogP contribution in [0.4, 0.5) is 16.0 Å². The van der Waals surface area contributed by atoms with Gasteiger partial charge in [-0.15, -0.1) is 0 Å². The summed E-state index contributed by atoms with van der Waals surface area (Å²) < 4.78 is 13.8. The van der Waals surface area contributed by atoms with E-state index in [0.29, 0.717) is 18.2 Å². The zero-order chi connectivity index (χ0) is 16.9. The summed E-state index contributed by atoms with van der Waals surface area (Å²) in [6.07, 6.45) is 4.84. The standard InChI is InChI=1S/C19H25FN4/c1-3-16-9-6-7-11-24(16)19-12-18(22-14(2)23-19)21-13-15-8-4-5-10-17(15)20/h4-5,8,10,12,16H,3,6-7,9,11,13H2,1-2H3,(H,21,22,23). The molecule has 1 saturated heterocycles. The SMILES string of the molecule is CCC1CCCCN1c1cc(NCc2ccccc2F)nc(C)n1. The van der Waals surface area contributed by atoms with Crippen molar-refractivity contribution in [1.29, 1.82) is 0 Å². The first kappa shape index (κ1) is 16.7. The van der Waals surface area contributed by atoms with Crippen molar-refractivity contribution >= 4 is 11.6 Å². The number of halogens is 1. The zero-order valence-electron chi connectivity index (χ0n) is 14.4. The second-order valence-corrected chi connectivity index (χ2v) is 6.35. The molecule has 1 atom stereocenters. The minimum atomic E-state index is -0.196. The fourth-order valence-electron chi connectivity index (χ4n) is 3.34. The third-order valence-electron chi connectivity index (χ3n) is 4.63. The second kappa shape index (κ2) is 7.60. The minimum absolute atomic E-state index is 0.196. The molecule has 0 aliphatic carbocycles. The number of aromatic nitrogens is 2. The Bertz CT molecular complexity index is 689. The van der Waals surface area contributed by atoms with Gasteiger partial charge in [-0.2, -0.15) is 0 Å². The maximum atomic E-state index is 13.8. The lowest BCUT2D eigenvalue weighted by atomic mass is 10.00. The van der Waals surface area contributed by atoms with Gasteiger partial charge in [-0.25, -0.2) is 14.4 Å². The van der Waals surface area contributed by atoms with E-state index >= 15 is 0 Å². The predicted molar refractivity (Wildman–Crippen MR) is 95.8 cm³/mol. The topological polar surface area (TPSA) is 41.0 Å². The van der Waals surface area contributed by atoms with Crippen molar-refractivity contribution in [1.82, 2.24) is 9.97 Å². The number of nitrogens with one attached hydrogen (secondary N) is 1. The molecule has 0 radical (unpaired) electrons. The van der Waals surface area contributed by atoms with Crippen LogP contribution < -0.4 is 10.2 Å². The molecule has 2 heterocycles. The maximum Gasteiger partial charge on any atom is 0.134 e. The van der Waals surface area contributed by atoms with Crippen molar-refractivity contribution in [2.45, 2.75) is 52.1 Å². The smallest absolute Gasteiger partial charge is 0.134 e. The summed E-state index contributed by atoms with van der Waals surface area (Å²) in [7, 11) is 0. The molecule has 1 aromatic carbocycles. The van der Waals surface area contributed by atoms with Crippen LogP contribution in [0.25, 0.3) is 0 Å². The van der Waals surface area contributed by atoms with Gasteiger partial charge in [0, 0.05) is 30.8 Å². The highest BCUT2D eigenvalue weighted by Crippen LogP contribution is 2.26. The van der Waals surface area contributed by atoms with Crippen LogP contribution in [-0.4, -0.2) is 22.6 Å². The van der Waals surface area contributed by atoms with E-state index in [1.807, 2.05) is 19.1 Å². The third kappa shape index (κ3) is 3.83. The van der Waals surface area contributed by atoms with Crippen LogP contribution in [0, 0.1) is 12.7 Å². The van der Waals surface area contributed by atoms with E-state index in [1.54, 1.807) is 12.1 Å². The highest BCUT2D eigenvalue weighted by Gasteiger charge is 2.22. The van der Waals surface area contributed by atoms with Crippen molar-refractivity contribution in [3.8, 4) is 0 Å². The molecule has 0 spiro atoms. The Kier molecular flexibility index (Phi) is 5.28. The van der Waals surface area contributed by atoms with Crippen molar-refractivity contribution in [2.24, 2.45) is 0 Å². The van der Waals surface area contributed by atoms with Gasteiger partial charge < -0.3 is 10.2 Å². The molecule has 0 amide bonds. The van der Waals surface area contributed by atoms with E-state index in [9.17, 15) is 4.39 Å². The maximum absolute atomic E-state index is 13.8. The van der Waals surface area contributed by atoms with E-state index < -0.39 is 0 Å². The molecule has 3 rings (SSSR count). The molecule has 0 bridgehead atoms. The Labute approximate surface area is 143 Å². The van der Waals surface area contributed by atoms with Crippen molar-refractivity contribution in [3.05, 3.63) is 47.5 Å². The summed E-state index contributed by atoms with van der Waals surface area (Å²) in [5.74, 6) is 2.27. The summed E-state index contributed by atoms with van der Waals surface area (Å²) in [5, 5.41) is 3.24. The van der Waals surface area contributed by atoms with Crippen molar-refractivity contribution in [3.63, 3.8) is 0 Å². The van der Waals surface area contributed by atoms with Gasteiger partial charge in [-0.1, -0.05) is 25.1 Å². The monoisotopic (exact) mass is 328 g/mol. The van der Waals surface area contributed by atoms with Gasteiger partial charge in [-0.3, -0.25) is 0 Å². The largest absolute Gasteiger partial charge is 0.366 e. The van der Waals surface area contributed by atoms with Crippen LogP contribution in [0.5, 0.6) is 0 Å². The normalized spacial score (nSPS) is 17.8. The lowest BCUT2D eigenvalue weighted by Crippen LogP contribution is -2.39. The average molecular weight is 328 g/mol. The third-order valence-corrected chi connectivity index (χ3v) is 4.63. The first-order valence-electron chi connectivity index (χ1n) is 8.77. The van der Waals surface area contributed by atoms with E-state index in [1.165, 1.54) is 25.3 Å². The fourth-order valence-corrected chi connectivity index (χ4v) is 3.34. The van der Waals surface area contributed by atoms with Gasteiger partial charge in [0.15, 0.2) is 0 Å². The quantitative estimate of drug-likeness (QED) is 0.888. The van der Waals surface area contributed by atoms with E-state index in [0.717, 1.165) is 30.4 Å². The Morgan fingerprint density at radius 2 is 2.08 bits per heavy atom. The van der Waals surface area contributed by atoms with E-state index in [4.69, 9.17) is 0 Å². The zero-order valence-corrected chi connectivity index (χ0v) is 14.4. The van der Waals surface area contributed by atoms with Gasteiger partial charge in [0.05, 0.1) is 0 Å². The number of hydrogen-bond donors (Lipinski definition) is 1. The van der Waals surface area contributed by atoms with E-state index in [-0.39, 0.29) is 5.82 Å². The molecule has 1 aromatic heterocycles. The Hall–Kier alpha value is -2.17. The molecule has 1 aliphatic rings. The highest BCUT2D eigenvalue weighted by molar-refractivity contribution is 5.50. The number of aryl methyl sites for hydroxylation is 1. The molecular formula is C19H25FN4. The first-order chi connectivity index (χ1) is 11.7. The lowest BCUT2D eigenvalue weighted by Gasteiger charge is -2.36. The highest BCUT2D eigenvalue weighted by atomic mass is 19.1. The molecule has 1 aliphatic heterocycles. The Balaban J connectivity index is 1.77. The predicted octanol–water partition coefficient (Wildman–Crippen LogP) is 4.31. The molecule has 0 saturated carbocycles. The van der Waals surface area contributed by atoms with Crippen molar-refractivity contribution in [2.75, 3.05) is 16.8 Å². The Morgan fingerprint density at radius 3 is 2.88 bits per heavy atom.